The van der Waals surface area contributed by atoms with Crippen LogP contribution in [0.2, 0.25) is 0 Å². The summed E-state index contributed by atoms with van der Waals surface area (Å²) in [6.07, 6.45) is 0. The SMILES string of the molecule is COc1ccc(N(C)C(=O)c2cc3ccccc3cc2N)cc1F.Cl. The topological polar surface area (TPSA) is 55.6 Å². The highest BCUT2D eigenvalue weighted by Crippen LogP contribution is 2.27. The Morgan fingerprint density at radius 2 is 1.72 bits per heavy atom. The molecule has 130 valence electrons. The number of nitrogens with two attached hydrogens (primary N) is 1. The lowest BCUT2D eigenvalue weighted by atomic mass is 10.0. The number of fused-ring (bicyclic) bond motifs is 1. The van der Waals surface area contributed by atoms with Crippen LogP contribution in [0.1, 0.15) is 10.4 Å². The Kier molecular flexibility index (Phi) is 5.49. The van der Waals surface area contributed by atoms with Crippen molar-refractivity contribution in [3.63, 3.8) is 0 Å². The number of carbonyl (C=O) groups excluding carboxylic acids is 1. The van der Waals surface area contributed by atoms with Gasteiger partial charge < -0.3 is 15.4 Å². The molecule has 0 aliphatic carbocycles. The van der Waals surface area contributed by atoms with Crippen molar-refractivity contribution in [3.8, 4) is 5.75 Å². The second-order valence-corrected chi connectivity index (χ2v) is 5.47. The van der Waals surface area contributed by atoms with Gasteiger partial charge in [0.25, 0.3) is 5.91 Å². The maximum Gasteiger partial charge on any atom is 0.260 e. The van der Waals surface area contributed by atoms with E-state index in [0.29, 0.717) is 16.9 Å². The number of ether oxygens (including phenoxy) is 1. The molecule has 3 aromatic carbocycles. The Balaban J connectivity index is 0.00000225. The van der Waals surface area contributed by atoms with Crippen LogP contribution in [0.5, 0.6) is 5.75 Å². The number of amides is 1. The van der Waals surface area contributed by atoms with Crippen LogP contribution in [0.4, 0.5) is 15.8 Å². The molecule has 1 amide bonds. The molecule has 0 spiro atoms. The predicted molar refractivity (Wildman–Crippen MR) is 101 cm³/mol. The van der Waals surface area contributed by atoms with E-state index in [2.05, 4.69) is 0 Å². The average molecular weight is 361 g/mol. The van der Waals surface area contributed by atoms with Gasteiger partial charge in [0.1, 0.15) is 0 Å². The van der Waals surface area contributed by atoms with Crippen molar-refractivity contribution in [3.05, 3.63) is 66.0 Å². The summed E-state index contributed by atoms with van der Waals surface area (Å²) in [5.41, 5.74) is 7.23. The zero-order valence-corrected chi connectivity index (χ0v) is 14.6. The van der Waals surface area contributed by atoms with Crippen molar-refractivity contribution in [2.24, 2.45) is 0 Å². The summed E-state index contributed by atoms with van der Waals surface area (Å²) in [7, 11) is 2.97. The number of hydrogen-bond acceptors (Lipinski definition) is 3. The minimum atomic E-state index is -0.527. The zero-order chi connectivity index (χ0) is 17.3. The molecule has 2 N–H and O–H groups in total. The van der Waals surface area contributed by atoms with E-state index in [-0.39, 0.29) is 24.1 Å². The molecule has 0 aromatic heterocycles. The van der Waals surface area contributed by atoms with E-state index in [1.54, 1.807) is 25.2 Å². The van der Waals surface area contributed by atoms with Crippen LogP contribution in [-0.4, -0.2) is 20.1 Å². The smallest absolute Gasteiger partial charge is 0.260 e. The van der Waals surface area contributed by atoms with Crippen LogP contribution in [-0.2, 0) is 0 Å². The number of hydrogen-bond donors (Lipinski definition) is 1. The summed E-state index contributed by atoms with van der Waals surface area (Å²) >= 11 is 0. The fraction of sp³-hybridized carbons (Fsp3) is 0.105. The molecular weight excluding hydrogens is 343 g/mol. The van der Waals surface area contributed by atoms with Crippen molar-refractivity contribution >= 4 is 40.5 Å². The van der Waals surface area contributed by atoms with Gasteiger partial charge in [0.05, 0.1) is 12.7 Å². The molecule has 0 saturated heterocycles. The van der Waals surface area contributed by atoms with E-state index in [4.69, 9.17) is 10.5 Å². The number of carbonyl (C=O) groups is 1. The summed E-state index contributed by atoms with van der Waals surface area (Å²) in [4.78, 5) is 14.1. The van der Waals surface area contributed by atoms with Crippen LogP contribution in [0.3, 0.4) is 0 Å². The van der Waals surface area contributed by atoms with E-state index in [1.165, 1.54) is 24.1 Å². The molecule has 0 radical (unpaired) electrons. The highest BCUT2D eigenvalue weighted by molar-refractivity contribution is 6.11. The molecule has 0 saturated carbocycles. The number of benzene rings is 3. The molecule has 0 unspecified atom stereocenters. The Bertz CT molecular complexity index is 930. The monoisotopic (exact) mass is 360 g/mol. The lowest BCUT2D eigenvalue weighted by Gasteiger charge is -2.19. The first-order valence-corrected chi connectivity index (χ1v) is 7.41. The molecule has 0 heterocycles. The second kappa shape index (κ2) is 7.40. The van der Waals surface area contributed by atoms with E-state index < -0.39 is 5.82 Å². The first-order chi connectivity index (χ1) is 11.5. The highest BCUT2D eigenvalue weighted by atomic mass is 35.5. The van der Waals surface area contributed by atoms with Gasteiger partial charge in [-0.2, -0.15) is 0 Å². The van der Waals surface area contributed by atoms with Crippen LogP contribution in [0.25, 0.3) is 10.8 Å². The van der Waals surface area contributed by atoms with E-state index in [0.717, 1.165) is 10.8 Å². The van der Waals surface area contributed by atoms with Gasteiger partial charge in [-0.15, -0.1) is 12.4 Å². The number of rotatable bonds is 3. The van der Waals surface area contributed by atoms with Crippen molar-refractivity contribution < 1.29 is 13.9 Å². The number of nitrogens with zero attached hydrogens (tertiary/aromatic N) is 1. The summed E-state index contributed by atoms with van der Waals surface area (Å²) in [5, 5.41) is 1.88. The maximum absolute atomic E-state index is 13.9. The van der Waals surface area contributed by atoms with Gasteiger partial charge in [0.15, 0.2) is 11.6 Å². The van der Waals surface area contributed by atoms with Crippen LogP contribution in [0, 0.1) is 5.82 Å². The van der Waals surface area contributed by atoms with Gasteiger partial charge in [-0.05, 0) is 35.0 Å². The van der Waals surface area contributed by atoms with Crippen LogP contribution < -0.4 is 15.4 Å². The Hall–Kier alpha value is -2.79. The van der Waals surface area contributed by atoms with Crippen LogP contribution in [0.15, 0.2) is 54.6 Å². The quantitative estimate of drug-likeness (QED) is 0.710. The van der Waals surface area contributed by atoms with Crippen molar-refractivity contribution in [1.82, 2.24) is 0 Å². The van der Waals surface area contributed by atoms with Crippen molar-refractivity contribution in [2.45, 2.75) is 0 Å². The predicted octanol–water partition coefficient (Wildman–Crippen LogP) is 4.27. The molecule has 0 aliphatic rings. The second-order valence-electron chi connectivity index (χ2n) is 5.47. The molecule has 3 aromatic rings. The third kappa shape index (κ3) is 3.51. The molecule has 0 atom stereocenters. The fourth-order valence-corrected chi connectivity index (χ4v) is 2.60. The van der Waals surface area contributed by atoms with E-state index in [1.807, 2.05) is 24.3 Å². The largest absolute Gasteiger partial charge is 0.494 e. The lowest BCUT2D eigenvalue weighted by Crippen LogP contribution is -2.27. The maximum atomic E-state index is 13.9. The Morgan fingerprint density at radius 3 is 2.32 bits per heavy atom. The third-order valence-corrected chi connectivity index (χ3v) is 3.98. The third-order valence-electron chi connectivity index (χ3n) is 3.98. The lowest BCUT2D eigenvalue weighted by molar-refractivity contribution is 0.0994. The van der Waals surface area contributed by atoms with Crippen molar-refractivity contribution in [2.75, 3.05) is 24.8 Å². The zero-order valence-electron chi connectivity index (χ0n) is 13.8. The van der Waals surface area contributed by atoms with Gasteiger partial charge in [-0.25, -0.2) is 4.39 Å². The van der Waals surface area contributed by atoms with Gasteiger partial charge in [-0.3, -0.25) is 4.79 Å². The first-order valence-electron chi connectivity index (χ1n) is 7.41. The molecule has 0 bridgehead atoms. The molecular formula is C19H18ClFN2O2. The number of anilines is 2. The van der Waals surface area contributed by atoms with Gasteiger partial charge in [0, 0.05) is 24.5 Å². The fourth-order valence-electron chi connectivity index (χ4n) is 2.60. The standard InChI is InChI=1S/C19H17FN2O2.ClH/c1-22(14-7-8-18(24-2)16(20)11-14)19(23)15-9-12-5-3-4-6-13(12)10-17(15)21;/h3-11H,21H2,1-2H3;1H. The molecule has 0 fully saturated rings. The van der Waals surface area contributed by atoms with Crippen molar-refractivity contribution in [1.29, 1.82) is 0 Å². The Labute approximate surface area is 151 Å². The molecule has 25 heavy (non-hydrogen) atoms. The van der Waals surface area contributed by atoms with Gasteiger partial charge >= 0.3 is 0 Å². The first kappa shape index (κ1) is 18.5. The minimum Gasteiger partial charge on any atom is -0.494 e. The molecule has 3 rings (SSSR count). The van der Waals surface area contributed by atoms with E-state index in [9.17, 15) is 9.18 Å². The van der Waals surface area contributed by atoms with Gasteiger partial charge in [0.2, 0.25) is 0 Å². The summed E-state index contributed by atoms with van der Waals surface area (Å²) in [6.45, 7) is 0. The summed E-state index contributed by atoms with van der Waals surface area (Å²) in [6, 6.07) is 15.5. The van der Waals surface area contributed by atoms with Gasteiger partial charge in [-0.1, -0.05) is 24.3 Å². The number of nitrogen functional groups attached to an aromatic ring is 1. The summed E-state index contributed by atoms with van der Waals surface area (Å²) < 4.78 is 18.8. The highest BCUT2D eigenvalue weighted by Gasteiger charge is 2.18. The number of methoxy groups -OCH3 is 1. The van der Waals surface area contributed by atoms with E-state index >= 15 is 0 Å². The Morgan fingerprint density at radius 1 is 1.08 bits per heavy atom. The number of halogens is 2. The minimum absolute atomic E-state index is 0. The average Bonchev–Trinajstić information content (AvgIpc) is 2.59. The molecule has 4 nitrogen and oxygen atoms in total. The normalized spacial score (nSPS) is 10.2. The molecule has 6 heteroatoms. The van der Waals surface area contributed by atoms with Crippen LogP contribution >= 0.6 is 12.4 Å². The summed E-state index contributed by atoms with van der Waals surface area (Å²) in [5.74, 6) is -0.700. The molecule has 0 aliphatic heterocycles.